The van der Waals surface area contributed by atoms with Crippen LogP contribution in [0.4, 0.5) is 5.13 Å². The monoisotopic (exact) mass is 313 g/mol. The van der Waals surface area contributed by atoms with Crippen LogP contribution in [0, 0.1) is 0 Å². The van der Waals surface area contributed by atoms with Gasteiger partial charge in [0.05, 0.1) is 0 Å². The van der Waals surface area contributed by atoms with Gasteiger partial charge in [-0.25, -0.2) is 0 Å². The molecule has 0 saturated heterocycles. The number of rotatable bonds is 5. The molecule has 0 bridgehead atoms. The molecule has 4 nitrogen and oxygen atoms in total. The summed E-state index contributed by atoms with van der Waals surface area (Å²) in [6.45, 7) is 0.819. The molecule has 0 radical (unpaired) electrons. The normalized spacial score (nSPS) is 15.1. The molecule has 6 heteroatoms. The molecular weight excluding hydrogens is 302 g/mol. The summed E-state index contributed by atoms with van der Waals surface area (Å²) in [6, 6.07) is 3.88. The largest absolute Gasteiger partial charge is 0.454 e. The minimum Gasteiger partial charge on any atom is -0.454 e. The van der Waals surface area contributed by atoms with Crippen molar-refractivity contribution in [3.05, 3.63) is 27.6 Å². The lowest BCUT2D eigenvalue weighted by molar-refractivity contribution is 0.491. The zero-order valence-electron chi connectivity index (χ0n) is 9.15. The van der Waals surface area contributed by atoms with E-state index < -0.39 is 0 Å². The van der Waals surface area contributed by atoms with Crippen LogP contribution in [0.2, 0.25) is 0 Å². The average Bonchev–Trinajstić information content (AvgIpc) is 2.93. The maximum atomic E-state index is 5.42. The Morgan fingerprint density at radius 1 is 1.41 bits per heavy atom. The molecule has 2 heterocycles. The lowest BCUT2D eigenvalue weighted by Gasteiger charge is -1.98. The minimum atomic E-state index is 0.684. The quantitative estimate of drug-likeness (QED) is 0.918. The minimum absolute atomic E-state index is 0.684. The van der Waals surface area contributed by atoms with Crippen LogP contribution in [-0.2, 0) is 6.42 Å². The summed E-state index contributed by atoms with van der Waals surface area (Å²) in [5.41, 5.74) is 0. The number of nitrogens with zero attached hydrogens (tertiary/aromatic N) is 2. The second-order valence-electron chi connectivity index (χ2n) is 4.10. The van der Waals surface area contributed by atoms with Crippen molar-refractivity contribution in [2.24, 2.45) is 0 Å². The van der Waals surface area contributed by atoms with Crippen molar-refractivity contribution in [3.8, 4) is 0 Å². The first-order valence-corrected chi connectivity index (χ1v) is 7.24. The Labute approximate surface area is 112 Å². The molecule has 1 fully saturated rings. The Kier molecular flexibility index (Phi) is 3.15. The summed E-state index contributed by atoms with van der Waals surface area (Å²) in [6.07, 6.45) is 3.40. The van der Waals surface area contributed by atoms with Gasteiger partial charge < -0.3 is 9.73 Å². The maximum Gasteiger partial charge on any atom is 0.205 e. The van der Waals surface area contributed by atoms with Gasteiger partial charge in [-0.3, -0.25) is 0 Å². The molecule has 1 aliphatic carbocycles. The number of hydrogen-bond acceptors (Lipinski definition) is 5. The average molecular weight is 314 g/mol. The summed E-state index contributed by atoms with van der Waals surface area (Å²) >= 11 is 4.96. The molecule has 1 saturated carbocycles. The SMILES string of the molecule is Brc1ccc(CCNc2nnc(C3CC3)s2)o1. The molecule has 2 aromatic heterocycles. The van der Waals surface area contributed by atoms with Crippen molar-refractivity contribution in [2.75, 3.05) is 11.9 Å². The third kappa shape index (κ3) is 2.87. The summed E-state index contributed by atoms with van der Waals surface area (Å²) < 4.78 is 6.20. The van der Waals surface area contributed by atoms with Gasteiger partial charge in [-0.15, -0.1) is 10.2 Å². The van der Waals surface area contributed by atoms with Gasteiger partial charge in [-0.2, -0.15) is 0 Å². The van der Waals surface area contributed by atoms with Crippen LogP contribution < -0.4 is 5.32 Å². The van der Waals surface area contributed by atoms with Crippen molar-refractivity contribution in [2.45, 2.75) is 25.2 Å². The molecule has 0 spiro atoms. The molecule has 2 aromatic rings. The first-order chi connectivity index (χ1) is 8.31. The summed E-state index contributed by atoms with van der Waals surface area (Å²) in [5, 5.41) is 13.7. The number of nitrogens with one attached hydrogen (secondary N) is 1. The Hall–Kier alpha value is -0.880. The van der Waals surface area contributed by atoms with E-state index in [-0.39, 0.29) is 0 Å². The Balaban J connectivity index is 1.49. The number of hydrogen-bond donors (Lipinski definition) is 1. The van der Waals surface area contributed by atoms with Crippen molar-refractivity contribution in [3.63, 3.8) is 0 Å². The highest BCUT2D eigenvalue weighted by atomic mass is 79.9. The third-order valence-electron chi connectivity index (χ3n) is 2.64. The Morgan fingerprint density at radius 3 is 3.00 bits per heavy atom. The van der Waals surface area contributed by atoms with E-state index in [4.69, 9.17) is 4.42 Å². The van der Waals surface area contributed by atoms with Gasteiger partial charge in [0.2, 0.25) is 5.13 Å². The Bertz CT molecular complexity index is 506. The van der Waals surface area contributed by atoms with Gasteiger partial charge in [0.1, 0.15) is 10.8 Å². The molecule has 0 aromatic carbocycles. The number of aromatic nitrogens is 2. The van der Waals surface area contributed by atoms with E-state index in [1.807, 2.05) is 12.1 Å². The van der Waals surface area contributed by atoms with Crippen LogP contribution in [0.1, 0.15) is 29.5 Å². The smallest absolute Gasteiger partial charge is 0.205 e. The first kappa shape index (κ1) is 11.2. The zero-order valence-corrected chi connectivity index (χ0v) is 11.6. The van der Waals surface area contributed by atoms with E-state index in [1.54, 1.807) is 11.3 Å². The fourth-order valence-electron chi connectivity index (χ4n) is 1.58. The summed E-state index contributed by atoms with van der Waals surface area (Å²) in [7, 11) is 0. The predicted molar refractivity (Wildman–Crippen MR) is 70.5 cm³/mol. The van der Waals surface area contributed by atoms with E-state index in [2.05, 4.69) is 31.4 Å². The molecule has 0 aliphatic heterocycles. The van der Waals surface area contributed by atoms with Gasteiger partial charge in [-0.05, 0) is 40.9 Å². The number of anilines is 1. The van der Waals surface area contributed by atoms with E-state index >= 15 is 0 Å². The van der Waals surface area contributed by atoms with Gasteiger partial charge in [0.15, 0.2) is 4.67 Å². The van der Waals surface area contributed by atoms with Crippen molar-refractivity contribution in [1.29, 1.82) is 0 Å². The fraction of sp³-hybridized carbons (Fsp3) is 0.455. The highest BCUT2D eigenvalue weighted by Crippen LogP contribution is 2.41. The third-order valence-corrected chi connectivity index (χ3v) is 4.11. The number of halogens is 1. The molecule has 1 aliphatic rings. The second-order valence-corrected chi connectivity index (χ2v) is 5.89. The Morgan fingerprint density at radius 2 is 2.29 bits per heavy atom. The molecule has 0 unspecified atom stereocenters. The fourth-order valence-corrected chi connectivity index (χ4v) is 2.86. The van der Waals surface area contributed by atoms with Crippen LogP contribution in [0.25, 0.3) is 0 Å². The zero-order chi connectivity index (χ0) is 11.7. The van der Waals surface area contributed by atoms with E-state index in [0.29, 0.717) is 5.92 Å². The summed E-state index contributed by atoms with van der Waals surface area (Å²) in [5.74, 6) is 1.65. The molecule has 0 amide bonds. The van der Waals surface area contributed by atoms with Crippen molar-refractivity contribution >= 4 is 32.4 Å². The highest BCUT2D eigenvalue weighted by Gasteiger charge is 2.27. The van der Waals surface area contributed by atoms with Crippen LogP contribution in [0.3, 0.4) is 0 Å². The molecule has 3 rings (SSSR count). The summed E-state index contributed by atoms with van der Waals surface area (Å²) in [4.78, 5) is 0. The lowest BCUT2D eigenvalue weighted by atomic mass is 10.3. The van der Waals surface area contributed by atoms with Gasteiger partial charge >= 0.3 is 0 Å². The standard InChI is InChI=1S/C11H12BrN3OS/c12-9-4-3-8(16-9)5-6-13-11-15-14-10(17-11)7-1-2-7/h3-4,7H,1-2,5-6H2,(H,13,15). The predicted octanol–water partition coefficient (Wildman–Crippen LogP) is 3.43. The van der Waals surface area contributed by atoms with Gasteiger partial charge in [-0.1, -0.05) is 11.3 Å². The maximum absolute atomic E-state index is 5.42. The van der Waals surface area contributed by atoms with Crippen LogP contribution in [0.15, 0.2) is 21.2 Å². The molecule has 90 valence electrons. The number of furan rings is 1. The van der Waals surface area contributed by atoms with Gasteiger partial charge in [0.25, 0.3) is 0 Å². The van der Waals surface area contributed by atoms with E-state index in [1.165, 1.54) is 17.8 Å². The lowest BCUT2D eigenvalue weighted by Crippen LogP contribution is -2.03. The van der Waals surface area contributed by atoms with Crippen LogP contribution in [0.5, 0.6) is 0 Å². The van der Waals surface area contributed by atoms with Gasteiger partial charge in [0, 0.05) is 18.9 Å². The first-order valence-electron chi connectivity index (χ1n) is 5.63. The second kappa shape index (κ2) is 4.78. The van der Waals surface area contributed by atoms with Crippen molar-refractivity contribution < 1.29 is 4.42 Å². The molecular formula is C11H12BrN3OS. The van der Waals surface area contributed by atoms with Crippen LogP contribution >= 0.6 is 27.3 Å². The topological polar surface area (TPSA) is 51.0 Å². The molecule has 0 atom stereocenters. The van der Waals surface area contributed by atoms with E-state index in [0.717, 1.165) is 28.5 Å². The van der Waals surface area contributed by atoms with E-state index in [9.17, 15) is 0 Å². The molecule has 1 N–H and O–H groups in total. The highest BCUT2D eigenvalue weighted by molar-refractivity contribution is 9.10. The van der Waals surface area contributed by atoms with Crippen LogP contribution in [-0.4, -0.2) is 16.7 Å². The van der Waals surface area contributed by atoms with Crippen molar-refractivity contribution in [1.82, 2.24) is 10.2 Å². The molecule has 17 heavy (non-hydrogen) atoms.